The molecule has 0 aromatic rings. The molecule has 0 aliphatic heterocycles. The van der Waals surface area contributed by atoms with Gasteiger partial charge in [-0.05, 0) is 45.3 Å². The molecule has 0 aliphatic carbocycles. The van der Waals surface area contributed by atoms with Crippen molar-refractivity contribution in [1.82, 2.24) is 0 Å². The van der Waals surface area contributed by atoms with Gasteiger partial charge in [0.15, 0.2) is 11.6 Å². The van der Waals surface area contributed by atoms with Gasteiger partial charge in [0.2, 0.25) is 0 Å². The second kappa shape index (κ2) is 15.9. The van der Waals surface area contributed by atoms with Crippen LogP contribution in [0, 0.1) is 5.92 Å². The highest BCUT2D eigenvalue weighted by atomic mass is 16.1. The summed E-state index contributed by atoms with van der Waals surface area (Å²) in [6.07, 6.45) is 14.1. The van der Waals surface area contributed by atoms with E-state index in [2.05, 4.69) is 6.92 Å². The van der Waals surface area contributed by atoms with Gasteiger partial charge >= 0.3 is 0 Å². The Morgan fingerprint density at radius 1 is 1.05 bits per heavy atom. The number of carbonyl (C=O) groups is 2. The van der Waals surface area contributed by atoms with Gasteiger partial charge in [0, 0.05) is 5.92 Å². The molecule has 1 unspecified atom stereocenters. The zero-order valence-corrected chi connectivity index (χ0v) is 13.9. The molecule has 0 aliphatic rings. The molecule has 0 saturated carbocycles. The summed E-state index contributed by atoms with van der Waals surface area (Å²) >= 11 is 0. The summed E-state index contributed by atoms with van der Waals surface area (Å²) in [5.74, 6) is 0.585. The van der Waals surface area contributed by atoms with Gasteiger partial charge in [-0.15, -0.1) is 0 Å². The topological polar surface area (TPSA) is 34.1 Å². The maximum atomic E-state index is 10.9. The van der Waals surface area contributed by atoms with Gasteiger partial charge in [0.25, 0.3) is 0 Å². The molecule has 116 valence electrons. The fourth-order valence-corrected chi connectivity index (χ4v) is 1.47. The zero-order chi connectivity index (χ0) is 15.8. The fourth-order valence-electron chi connectivity index (χ4n) is 1.47. The highest BCUT2D eigenvalue weighted by Crippen LogP contribution is 2.03. The summed E-state index contributed by atoms with van der Waals surface area (Å²) in [7, 11) is 0. The first-order chi connectivity index (χ1) is 9.49. The second-order valence-electron chi connectivity index (χ2n) is 5.07. The van der Waals surface area contributed by atoms with Crippen LogP contribution in [0.15, 0.2) is 24.3 Å². The van der Waals surface area contributed by atoms with Crippen LogP contribution in [0.5, 0.6) is 0 Å². The van der Waals surface area contributed by atoms with Gasteiger partial charge in [-0.2, -0.15) is 0 Å². The Morgan fingerprint density at radius 3 is 2.15 bits per heavy atom. The number of hydrogen-bond acceptors (Lipinski definition) is 2. The first-order valence-corrected chi connectivity index (χ1v) is 7.83. The van der Waals surface area contributed by atoms with E-state index in [1.807, 2.05) is 26.8 Å². The Kier molecular flexibility index (Phi) is 16.8. The quantitative estimate of drug-likeness (QED) is 0.425. The standard InChI is InChI=1S/C10H18O.C8H14O/c1-3-4-5-6-7-8-9-10(2)11;1-4-6-8(9)7(3)5-2/h8-9H,3-7H2,1-2H3;4,6-7H,5H2,1-3H3. The molecule has 1 atom stereocenters. The smallest absolute Gasteiger partial charge is 0.158 e. The van der Waals surface area contributed by atoms with Crippen LogP contribution in [0.3, 0.4) is 0 Å². The van der Waals surface area contributed by atoms with Crippen LogP contribution in [0.25, 0.3) is 0 Å². The van der Waals surface area contributed by atoms with Crippen LogP contribution < -0.4 is 0 Å². The van der Waals surface area contributed by atoms with E-state index in [1.165, 1.54) is 25.7 Å². The Hall–Kier alpha value is -1.18. The summed E-state index contributed by atoms with van der Waals surface area (Å²) in [6, 6.07) is 0. The van der Waals surface area contributed by atoms with Crippen LogP contribution in [0.2, 0.25) is 0 Å². The third-order valence-electron chi connectivity index (χ3n) is 3.01. The van der Waals surface area contributed by atoms with Crippen LogP contribution in [-0.2, 0) is 9.59 Å². The van der Waals surface area contributed by atoms with Crippen molar-refractivity contribution in [2.75, 3.05) is 0 Å². The molecule has 0 aromatic heterocycles. The van der Waals surface area contributed by atoms with Gasteiger partial charge in [-0.25, -0.2) is 0 Å². The van der Waals surface area contributed by atoms with Gasteiger partial charge in [-0.3, -0.25) is 9.59 Å². The SMILES string of the molecule is CC=CC(=O)C(C)CC.CCCCCCC=CC(C)=O. The molecule has 0 aromatic carbocycles. The van der Waals surface area contributed by atoms with Crippen molar-refractivity contribution in [2.45, 2.75) is 73.1 Å². The van der Waals surface area contributed by atoms with Gasteiger partial charge in [0.05, 0.1) is 0 Å². The summed E-state index contributed by atoms with van der Waals surface area (Å²) in [6.45, 7) is 9.61. The van der Waals surface area contributed by atoms with Crippen molar-refractivity contribution < 1.29 is 9.59 Å². The number of allylic oxidation sites excluding steroid dienone is 4. The van der Waals surface area contributed by atoms with Crippen LogP contribution in [0.4, 0.5) is 0 Å². The fraction of sp³-hybridized carbons (Fsp3) is 0.667. The van der Waals surface area contributed by atoms with Gasteiger partial charge < -0.3 is 0 Å². The van der Waals surface area contributed by atoms with Crippen LogP contribution in [-0.4, -0.2) is 11.6 Å². The predicted molar refractivity (Wildman–Crippen MR) is 87.9 cm³/mol. The second-order valence-corrected chi connectivity index (χ2v) is 5.07. The summed E-state index contributed by atoms with van der Waals surface area (Å²) < 4.78 is 0. The Balaban J connectivity index is 0. The van der Waals surface area contributed by atoms with Crippen LogP contribution in [0.1, 0.15) is 73.1 Å². The maximum absolute atomic E-state index is 10.9. The monoisotopic (exact) mass is 280 g/mol. The lowest BCUT2D eigenvalue weighted by Gasteiger charge is -2.00. The van der Waals surface area contributed by atoms with Crippen molar-refractivity contribution in [3.63, 3.8) is 0 Å². The summed E-state index contributed by atoms with van der Waals surface area (Å²) in [4.78, 5) is 21.3. The first kappa shape index (κ1) is 21.1. The third kappa shape index (κ3) is 16.8. The van der Waals surface area contributed by atoms with Crippen LogP contribution >= 0.6 is 0 Å². The summed E-state index contributed by atoms with van der Waals surface area (Å²) in [5.41, 5.74) is 0. The summed E-state index contributed by atoms with van der Waals surface area (Å²) in [5, 5.41) is 0. The lowest BCUT2D eigenvalue weighted by atomic mass is 10.0. The molecule has 0 radical (unpaired) electrons. The van der Waals surface area contributed by atoms with E-state index in [9.17, 15) is 9.59 Å². The Bertz CT molecular complexity index is 301. The molecule has 0 bridgehead atoms. The minimum absolute atomic E-state index is 0.153. The van der Waals surface area contributed by atoms with Crippen molar-refractivity contribution in [3.05, 3.63) is 24.3 Å². The number of hydrogen-bond donors (Lipinski definition) is 0. The predicted octanol–water partition coefficient (Wildman–Crippen LogP) is 5.28. The van der Waals surface area contributed by atoms with Crippen molar-refractivity contribution in [2.24, 2.45) is 5.92 Å². The molecule has 0 amide bonds. The normalized spacial score (nSPS) is 12.2. The number of carbonyl (C=O) groups excluding carboxylic acids is 2. The molecule has 0 saturated heterocycles. The number of unbranched alkanes of at least 4 members (excludes halogenated alkanes) is 4. The molecule has 0 heterocycles. The molecule has 2 heteroatoms. The van der Waals surface area contributed by atoms with Gasteiger partial charge in [0.1, 0.15) is 0 Å². The Labute approximate surface area is 125 Å². The largest absolute Gasteiger partial charge is 0.295 e. The van der Waals surface area contributed by atoms with E-state index in [0.717, 1.165) is 12.8 Å². The first-order valence-electron chi connectivity index (χ1n) is 7.83. The van der Waals surface area contributed by atoms with E-state index in [0.29, 0.717) is 0 Å². The average Bonchev–Trinajstić information content (AvgIpc) is 2.42. The highest BCUT2D eigenvalue weighted by molar-refractivity contribution is 5.91. The molecule has 2 nitrogen and oxygen atoms in total. The third-order valence-corrected chi connectivity index (χ3v) is 3.01. The average molecular weight is 280 g/mol. The molecule has 0 spiro atoms. The molecule has 20 heavy (non-hydrogen) atoms. The molecular formula is C18H32O2. The van der Waals surface area contributed by atoms with E-state index in [4.69, 9.17) is 0 Å². The highest BCUT2D eigenvalue weighted by Gasteiger charge is 2.04. The van der Waals surface area contributed by atoms with E-state index < -0.39 is 0 Å². The zero-order valence-electron chi connectivity index (χ0n) is 13.9. The van der Waals surface area contributed by atoms with E-state index >= 15 is 0 Å². The lowest BCUT2D eigenvalue weighted by molar-refractivity contribution is -0.117. The Morgan fingerprint density at radius 2 is 1.70 bits per heavy atom. The number of rotatable bonds is 9. The van der Waals surface area contributed by atoms with Crippen molar-refractivity contribution in [3.8, 4) is 0 Å². The molecular weight excluding hydrogens is 248 g/mol. The minimum atomic E-state index is 0.153. The van der Waals surface area contributed by atoms with E-state index in [-0.39, 0.29) is 17.5 Å². The molecule has 0 fully saturated rings. The van der Waals surface area contributed by atoms with Crippen molar-refractivity contribution >= 4 is 11.6 Å². The maximum Gasteiger partial charge on any atom is 0.158 e. The number of ketones is 2. The molecule has 0 rings (SSSR count). The van der Waals surface area contributed by atoms with Crippen molar-refractivity contribution in [1.29, 1.82) is 0 Å². The van der Waals surface area contributed by atoms with E-state index in [1.54, 1.807) is 25.2 Å². The molecule has 0 N–H and O–H groups in total. The lowest BCUT2D eigenvalue weighted by Crippen LogP contribution is -2.05. The minimum Gasteiger partial charge on any atom is -0.295 e. The van der Waals surface area contributed by atoms with Gasteiger partial charge in [-0.1, -0.05) is 52.2 Å².